The zero-order valence-electron chi connectivity index (χ0n) is 6.15. The lowest BCUT2D eigenvalue weighted by molar-refractivity contribution is -0.114. The Labute approximate surface area is 65.5 Å². The number of halogens is 1. The van der Waals surface area contributed by atoms with E-state index in [0.717, 1.165) is 0 Å². The third-order valence-electron chi connectivity index (χ3n) is 0.822. The van der Waals surface area contributed by atoms with Crippen LogP contribution in [-0.4, -0.2) is 24.2 Å². The maximum atomic E-state index is 10.8. The number of nitrogens with zero attached hydrogens (tertiary/aromatic N) is 1. The summed E-state index contributed by atoms with van der Waals surface area (Å²) in [5.41, 5.74) is 0. The zero-order chi connectivity index (χ0) is 7.98. The third kappa shape index (κ3) is 3.45. The van der Waals surface area contributed by atoms with Gasteiger partial charge in [-0.3, -0.25) is 9.79 Å². The van der Waals surface area contributed by atoms with Gasteiger partial charge in [0, 0.05) is 13.1 Å². The van der Waals surface area contributed by atoms with Gasteiger partial charge in [0.25, 0.3) is 5.91 Å². The number of amides is 1. The van der Waals surface area contributed by atoms with Crippen LogP contribution in [0.15, 0.2) is 4.99 Å². The summed E-state index contributed by atoms with van der Waals surface area (Å²) >= 11 is 5.45. The lowest BCUT2D eigenvalue weighted by atomic mass is 10.6. The summed E-state index contributed by atoms with van der Waals surface area (Å²) in [6.45, 7) is 4.76. The highest BCUT2D eigenvalue weighted by molar-refractivity contribution is 6.82. The van der Waals surface area contributed by atoms with Gasteiger partial charge in [-0.2, -0.15) is 0 Å². The summed E-state index contributed by atoms with van der Waals surface area (Å²) in [6.07, 6.45) is 0. The van der Waals surface area contributed by atoms with E-state index in [2.05, 4.69) is 10.3 Å². The van der Waals surface area contributed by atoms with Crippen LogP contribution >= 0.6 is 11.6 Å². The van der Waals surface area contributed by atoms with Gasteiger partial charge in [-0.15, -0.1) is 0 Å². The van der Waals surface area contributed by atoms with Crippen molar-refractivity contribution in [2.75, 3.05) is 13.1 Å². The van der Waals surface area contributed by atoms with Crippen molar-refractivity contribution in [3.05, 3.63) is 0 Å². The molecule has 10 heavy (non-hydrogen) atoms. The molecule has 0 aliphatic heterocycles. The average molecular weight is 163 g/mol. The number of carbonyl (C=O) groups excluding carboxylic acids is 1. The van der Waals surface area contributed by atoms with Gasteiger partial charge in [-0.1, -0.05) is 11.6 Å². The van der Waals surface area contributed by atoms with E-state index in [-0.39, 0.29) is 11.1 Å². The second-order valence-electron chi connectivity index (χ2n) is 1.62. The van der Waals surface area contributed by atoms with Crippen molar-refractivity contribution >= 4 is 22.7 Å². The Balaban J connectivity index is 3.82. The molecule has 1 amide bonds. The van der Waals surface area contributed by atoms with Crippen LogP contribution in [-0.2, 0) is 4.79 Å². The molecule has 0 rings (SSSR count). The largest absolute Gasteiger partial charge is 0.350 e. The third-order valence-corrected chi connectivity index (χ3v) is 1.11. The highest BCUT2D eigenvalue weighted by atomic mass is 35.5. The second kappa shape index (κ2) is 5.23. The van der Waals surface area contributed by atoms with E-state index in [1.54, 1.807) is 0 Å². The number of rotatable bonds is 3. The normalized spacial score (nSPS) is 11.3. The Morgan fingerprint density at radius 1 is 1.60 bits per heavy atom. The summed E-state index contributed by atoms with van der Waals surface area (Å²) < 4.78 is 0. The first kappa shape index (κ1) is 9.43. The van der Waals surface area contributed by atoms with Crippen molar-refractivity contribution in [3.8, 4) is 0 Å². The van der Waals surface area contributed by atoms with Crippen LogP contribution < -0.4 is 5.32 Å². The molecule has 0 heterocycles. The molecular weight excluding hydrogens is 152 g/mol. The fourth-order valence-electron chi connectivity index (χ4n) is 0.444. The van der Waals surface area contributed by atoms with E-state index >= 15 is 0 Å². The predicted octanol–water partition coefficient (Wildman–Crippen LogP) is 0.780. The van der Waals surface area contributed by atoms with Gasteiger partial charge in [0.2, 0.25) is 0 Å². The Morgan fingerprint density at radius 2 is 2.20 bits per heavy atom. The van der Waals surface area contributed by atoms with Crippen molar-refractivity contribution < 1.29 is 4.79 Å². The number of nitrogens with one attached hydrogen (secondary N) is 1. The fourth-order valence-corrected chi connectivity index (χ4v) is 0.630. The molecule has 0 saturated carbocycles. The van der Waals surface area contributed by atoms with Gasteiger partial charge in [-0.05, 0) is 13.8 Å². The molecule has 0 bridgehead atoms. The number of hydrogen-bond donors (Lipinski definition) is 1. The maximum Gasteiger partial charge on any atom is 0.281 e. The fraction of sp³-hybridized carbons (Fsp3) is 0.667. The molecule has 0 unspecified atom stereocenters. The summed E-state index contributed by atoms with van der Waals surface area (Å²) in [4.78, 5) is 14.5. The smallest absolute Gasteiger partial charge is 0.281 e. The van der Waals surface area contributed by atoms with E-state index < -0.39 is 0 Å². The summed E-state index contributed by atoms with van der Waals surface area (Å²) in [6, 6.07) is 0. The van der Waals surface area contributed by atoms with Crippen LogP contribution in [0.5, 0.6) is 0 Å². The maximum absolute atomic E-state index is 10.8. The van der Waals surface area contributed by atoms with E-state index in [9.17, 15) is 4.79 Å². The Hall–Kier alpha value is -0.570. The van der Waals surface area contributed by atoms with Crippen molar-refractivity contribution in [1.29, 1.82) is 0 Å². The van der Waals surface area contributed by atoms with Crippen LogP contribution in [0, 0.1) is 0 Å². The lowest BCUT2D eigenvalue weighted by Gasteiger charge is -1.96. The molecule has 1 N–H and O–H groups in total. The van der Waals surface area contributed by atoms with Crippen LogP contribution in [0.25, 0.3) is 0 Å². The quantitative estimate of drug-likeness (QED) is 0.613. The standard InChI is InChI=1S/C6H11ClN2O/c1-3-8-5(7)6(10)9-4-2/h3-4H2,1-2H3,(H,9,10). The predicted molar refractivity (Wildman–Crippen MR) is 42.5 cm³/mol. The van der Waals surface area contributed by atoms with Gasteiger partial charge in [-0.25, -0.2) is 0 Å². The molecule has 3 nitrogen and oxygen atoms in total. The molecule has 0 atom stereocenters. The molecule has 0 aliphatic carbocycles. The highest BCUT2D eigenvalue weighted by Gasteiger charge is 2.03. The van der Waals surface area contributed by atoms with Gasteiger partial charge in [0.05, 0.1) is 0 Å². The van der Waals surface area contributed by atoms with Gasteiger partial charge < -0.3 is 5.32 Å². The van der Waals surface area contributed by atoms with Crippen LogP contribution in [0.4, 0.5) is 0 Å². The molecule has 58 valence electrons. The second-order valence-corrected chi connectivity index (χ2v) is 1.98. The Bertz CT molecular complexity index is 145. The monoisotopic (exact) mass is 162 g/mol. The zero-order valence-corrected chi connectivity index (χ0v) is 6.90. The minimum atomic E-state index is -0.300. The molecule has 0 spiro atoms. The topological polar surface area (TPSA) is 41.5 Å². The molecule has 0 aromatic rings. The van der Waals surface area contributed by atoms with Gasteiger partial charge in [0.1, 0.15) is 0 Å². The van der Waals surface area contributed by atoms with Crippen LogP contribution in [0.3, 0.4) is 0 Å². The van der Waals surface area contributed by atoms with E-state index in [0.29, 0.717) is 13.1 Å². The van der Waals surface area contributed by atoms with Gasteiger partial charge in [0.15, 0.2) is 5.17 Å². The SMILES string of the molecule is CCN=C(Cl)C(=O)NCC. The Kier molecular flexibility index (Phi) is 4.94. The van der Waals surface area contributed by atoms with E-state index in [1.165, 1.54) is 0 Å². The average Bonchev–Trinajstić information content (AvgIpc) is 1.89. The Morgan fingerprint density at radius 3 is 2.60 bits per heavy atom. The summed E-state index contributed by atoms with van der Waals surface area (Å²) in [7, 11) is 0. The van der Waals surface area contributed by atoms with Crippen molar-refractivity contribution in [3.63, 3.8) is 0 Å². The molecular formula is C6H11ClN2O. The first-order chi connectivity index (χ1) is 4.72. The molecule has 0 radical (unpaired) electrons. The van der Waals surface area contributed by atoms with E-state index in [4.69, 9.17) is 11.6 Å². The minimum Gasteiger partial charge on any atom is -0.350 e. The number of carbonyl (C=O) groups is 1. The van der Waals surface area contributed by atoms with Crippen molar-refractivity contribution in [2.24, 2.45) is 4.99 Å². The van der Waals surface area contributed by atoms with Crippen molar-refractivity contribution in [1.82, 2.24) is 5.32 Å². The molecule has 4 heteroatoms. The molecule has 0 aromatic carbocycles. The number of hydrogen-bond acceptors (Lipinski definition) is 2. The van der Waals surface area contributed by atoms with Gasteiger partial charge >= 0.3 is 0 Å². The summed E-state index contributed by atoms with van der Waals surface area (Å²) in [5.74, 6) is -0.300. The molecule has 0 saturated heterocycles. The van der Waals surface area contributed by atoms with Crippen molar-refractivity contribution in [2.45, 2.75) is 13.8 Å². The first-order valence-corrected chi connectivity index (χ1v) is 3.58. The molecule has 0 aliphatic rings. The minimum absolute atomic E-state index is 0.0318. The van der Waals surface area contributed by atoms with Crippen LogP contribution in [0.2, 0.25) is 0 Å². The lowest BCUT2D eigenvalue weighted by Crippen LogP contribution is -2.27. The summed E-state index contributed by atoms with van der Waals surface area (Å²) in [5, 5.41) is 2.56. The van der Waals surface area contributed by atoms with Crippen LogP contribution in [0.1, 0.15) is 13.8 Å². The highest BCUT2D eigenvalue weighted by Crippen LogP contribution is 1.85. The molecule has 0 aromatic heterocycles. The number of aliphatic imine (C=N–C) groups is 1. The first-order valence-electron chi connectivity index (χ1n) is 3.20. The molecule has 0 fully saturated rings. The van der Waals surface area contributed by atoms with E-state index in [1.807, 2.05) is 13.8 Å².